The zero-order valence-electron chi connectivity index (χ0n) is 16.2. The van der Waals surface area contributed by atoms with Gasteiger partial charge in [0.2, 0.25) is 0 Å². The second kappa shape index (κ2) is 7.87. The summed E-state index contributed by atoms with van der Waals surface area (Å²) < 4.78 is 7.66. The van der Waals surface area contributed by atoms with E-state index in [1.165, 1.54) is 0 Å². The van der Waals surface area contributed by atoms with E-state index < -0.39 is 31.4 Å². The number of aryl methyl sites for hydroxylation is 1. The van der Waals surface area contributed by atoms with Gasteiger partial charge in [-0.1, -0.05) is 13.3 Å². The highest BCUT2D eigenvalue weighted by molar-refractivity contribution is 7.72. The Balaban J connectivity index is 1.88. The largest absolute Gasteiger partial charge is 0.388 e. The number of aliphatic hydroxyl groups is 2. The fraction of sp³-hybridized carbons (Fsp3) is 0.667. The summed E-state index contributed by atoms with van der Waals surface area (Å²) in [7, 11) is 0. The summed E-state index contributed by atoms with van der Waals surface area (Å²) in [5, 5.41) is 21.0. The first kappa shape index (κ1) is 20.3. The average molecular weight is 395 g/mol. The van der Waals surface area contributed by atoms with E-state index in [0.717, 1.165) is 25.4 Å². The number of rotatable bonds is 7. The van der Waals surface area contributed by atoms with Crippen molar-refractivity contribution < 1.29 is 14.9 Å². The number of nitrogens with two attached hydrogens (primary N) is 1. The van der Waals surface area contributed by atoms with E-state index in [4.69, 9.17) is 10.5 Å². The zero-order chi connectivity index (χ0) is 19.8. The molecule has 0 radical (unpaired) electrons. The Morgan fingerprint density at radius 3 is 2.70 bits per heavy atom. The predicted molar refractivity (Wildman–Crippen MR) is 110 cm³/mol. The van der Waals surface area contributed by atoms with Gasteiger partial charge in [-0.15, -0.1) is 13.2 Å². The van der Waals surface area contributed by atoms with Crippen molar-refractivity contribution in [2.24, 2.45) is 0 Å². The van der Waals surface area contributed by atoms with Crippen LogP contribution in [0.4, 0.5) is 5.82 Å². The van der Waals surface area contributed by atoms with Gasteiger partial charge >= 0.3 is 0 Å². The van der Waals surface area contributed by atoms with Crippen LogP contribution in [-0.4, -0.2) is 73.8 Å². The van der Waals surface area contributed by atoms with Gasteiger partial charge in [-0.25, -0.2) is 15.0 Å². The number of imidazole rings is 1. The van der Waals surface area contributed by atoms with Crippen LogP contribution >= 0.6 is 6.89 Å². The van der Waals surface area contributed by atoms with E-state index in [1.54, 1.807) is 10.9 Å². The minimum Gasteiger partial charge on any atom is -0.388 e. The number of fused-ring (bicyclic) bond motifs is 1. The lowest BCUT2D eigenvalue weighted by molar-refractivity contribution is -0.0353. The van der Waals surface area contributed by atoms with E-state index >= 15 is 0 Å². The number of aliphatic hydroxyl groups excluding tert-OH is 2. The Labute approximate surface area is 159 Å². The van der Waals surface area contributed by atoms with Gasteiger partial charge in [-0.2, -0.15) is 0 Å². The van der Waals surface area contributed by atoms with Crippen LogP contribution in [0, 0.1) is 0 Å². The molecule has 150 valence electrons. The fourth-order valence-corrected chi connectivity index (χ4v) is 4.25. The average Bonchev–Trinajstić information content (AvgIpc) is 3.13. The lowest BCUT2D eigenvalue weighted by Crippen LogP contribution is -2.31. The van der Waals surface area contributed by atoms with E-state index in [9.17, 15) is 10.2 Å². The van der Waals surface area contributed by atoms with Crippen LogP contribution in [0.3, 0.4) is 0 Å². The molecule has 3 rings (SSSR count). The van der Waals surface area contributed by atoms with Gasteiger partial charge < -0.3 is 20.7 Å². The maximum Gasteiger partial charge on any atom is 0.167 e. The molecule has 0 aromatic carbocycles. The molecule has 1 unspecified atom stereocenters. The van der Waals surface area contributed by atoms with Crippen molar-refractivity contribution in [2.45, 2.75) is 57.1 Å². The van der Waals surface area contributed by atoms with Gasteiger partial charge in [0.1, 0.15) is 23.5 Å². The van der Waals surface area contributed by atoms with Gasteiger partial charge in [0.15, 0.2) is 17.7 Å². The van der Waals surface area contributed by atoms with Crippen molar-refractivity contribution in [3.05, 3.63) is 12.2 Å². The molecule has 0 bridgehead atoms. The van der Waals surface area contributed by atoms with Crippen LogP contribution in [0.5, 0.6) is 0 Å². The van der Waals surface area contributed by atoms with Crippen LogP contribution in [0.1, 0.15) is 38.2 Å². The number of nitrogen functional groups attached to an aromatic ring is 1. The molecule has 3 heterocycles. The maximum atomic E-state index is 10.6. The van der Waals surface area contributed by atoms with E-state index in [2.05, 4.69) is 41.5 Å². The maximum absolute atomic E-state index is 10.6. The normalized spacial score (nSPS) is 26.1. The summed E-state index contributed by atoms with van der Waals surface area (Å²) in [4.78, 5) is 13.2. The molecule has 1 saturated heterocycles. The van der Waals surface area contributed by atoms with Gasteiger partial charge in [-0.3, -0.25) is 4.57 Å². The van der Waals surface area contributed by atoms with Crippen LogP contribution in [0.15, 0.2) is 6.33 Å². The molecular formula is C18H30N5O3P. The first-order valence-corrected chi connectivity index (χ1v) is 12.4. The molecule has 1 fully saturated rings. The van der Waals surface area contributed by atoms with Crippen LogP contribution in [-0.2, 0) is 11.2 Å². The molecule has 4 N–H and O–H groups in total. The van der Waals surface area contributed by atoms with Crippen molar-refractivity contribution in [2.75, 3.05) is 25.2 Å². The molecule has 0 amide bonds. The van der Waals surface area contributed by atoms with Gasteiger partial charge in [-0.05, 0) is 32.3 Å². The van der Waals surface area contributed by atoms with Crippen molar-refractivity contribution in [1.29, 1.82) is 0 Å². The monoisotopic (exact) mass is 395 g/mol. The Kier molecular flexibility index (Phi) is 5.91. The van der Waals surface area contributed by atoms with Gasteiger partial charge in [0, 0.05) is 6.42 Å². The second-order valence-corrected chi connectivity index (χ2v) is 12.3. The predicted octanol–water partition coefficient (Wildman–Crippen LogP) is 1.47. The number of hydrogen-bond donors (Lipinski definition) is 3. The van der Waals surface area contributed by atoms with Crippen molar-refractivity contribution >= 4 is 30.2 Å². The molecule has 0 saturated carbocycles. The highest BCUT2D eigenvalue weighted by Gasteiger charge is 2.44. The lowest BCUT2D eigenvalue weighted by atomic mass is 10.1. The van der Waals surface area contributed by atoms with Crippen molar-refractivity contribution in [3.8, 4) is 0 Å². The van der Waals surface area contributed by atoms with Crippen LogP contribution < -0.4 is 5.73 Å². The van der Waals surface area contributed by atoms with Crippen molar-refractivity contribution in [1.82, 2.24) is 19.5 Å². The molecule has 0 aliphatic carbocycles. The Morgan fingerprint density at radius 2 is 2.04 bits per heavy atom. The Hall–Kier alpha value is -1.47. The molecule has 1 aliphatic heterocycles. The minimum absolute atomic E-state index is 0.318. The Bertz CT molecular complexity index is 849. The number of unbranched alkanes of at least 4 members (excludes halogenated alkanes) is 1. The van der Waals surface area contributed by atoms with E-state index in [0.29, 0.717) is 29.2 Å². The number of anilines is 1. The van der Waals surface area contributed by atoms with E-state index in [1.807, 2.05) is 0 Å². The molecule has 27 heavy (non-hydrogen) atoms. The first-order valence-electron chi connectivity index (χ1n) is 9.39. The summed E-state index contributed by atoms with van der Waals surface area (Å²) in [6.07, 6.45) is 6.78. The lowest BCUT2D eigenvalue weighted by Gasteiger charge is -2.18. The zero-order valence-corrected chi connectivity index (χ0v) is 17.1. The minimum atomic E-state index is -1.24. The highest BCUT2D eigenvalue weighted by Crippen LogP contribution is 2.40. The van der Waals surface area contributed by atoms with E-state index in [-0.39, 0.29) is 0 Å². The fourth-order valence-electron chi connectivity index (χ4n) is 3.29. The van der Waals surface area contributed by atoms with Crippen LogP contribution in [0.2, 0.25) is 0 Å². The number of ether oxygens (including phenoxy) is 1. The van der Waals surface area contributed by atoms with Gasteiger partial charge in [0.05, 0.1) is 12.4 Å². The quantitative estimate of drug-likeness (QED) is 0.607. The third-order valence-electron chi connectivity index (χ3n) is 4.88. The molecule has 1 aliphatic rings. The first-order chi connectivity index (χ1) is 12.7. The molecule has 2 aromatic heterocycles. The molecule has 2 aromatic rings. The third-order valence-corrected chi connectivity index (χ3v) is 6.35. The summed E-state index contributed by atoms with van der Waals surface area (Å²) >= 11 is 0. The molecule has 9 heteroatoms. The highest BCUT2D eigenvalue weighted by atomic mass is 31.2. The number of aromatic nitrogens is 4. The third kappa shape index (κ3) is 4.35. The number of hydrogen-bond acceptors (Lipinski definition) is 7. The molecule has 8 nitrogen and oxygen atoms in total. The number of nitrogens with zero attached hydrogens (tertiary/aromatic N) is 4. The topological polar surface area (TPSA) is 119 Å². The smallest absolute Gasteiger partial charge is 0.167 e. The summed E-state index contributed by atoms with van der Waals surface area (Å²) in [5.41, 5.74) is 7.05. The molecule has 4 atom stereocenters. The second-order valence-electron chi connectivity index (χ2n) is 7.95. The van der Waals surface area contributed by atoms with Crippen LogP contribution in [0.25, 0.3) is 11.2 Å². The molecular weight excluding hydrogens is 365 g/mol. The van der Waals surface area contributed by atoms with Gasteiger partial charge in [0.25, 0.3) is 0 Å². The molecule has 0 spiro atoms. The van der Waals surface area contributed by atoms with Crippen molar-refractivity contribution in [3.63, 3.8) is 0 Å². The standard InChI is InChI=1S/C18H30N5O3P/c1-5-6-7-12-21-16(19)13-17(22-12)23(10-20-13)18-15(25)14(24)11(26-18)8-9-27(2,3)4/h10-11,14-15,18,24-25H,2,5-9H2,1,3-4H3,(H2,19,21,22)/t11?,14-,15-,18-/m1/s1. The summed E-state index contributed by atoms with van der Waals surface area (Å²) in [5.74, 6) is 0.967. The Morgan fingerprint density at radius 1 is 1.30 bits per heavy atom. The SMILES string of the molecule is C=P(C)(C)CCC1O[C@@H](n2cnc3c(N)nc(CCCC)nc32)[C@H](O)[C@@H]1O. The summed E-state index contributed by atoms with van der Waals surface area (Å²) in [6.45, 7) is 5.15. The summed E-state index contributed by atoms with van der Waals surface area (Å²) in [6, 6.07) is 0.